The maximum Gasteiger partial charge on any atom is 0.126 e. The van der Waals surface area contributed by atoms with Crippen LogP contribution in [-0.2, 0) is 0 Å². The highest BCUT2D eigenvalue weighted by atomic mass is 32.2. The van der Waals surface area contributed by atoms with Crippen molar-refractivity contribution in [2.24, 2.45) is 5.73 Å². The van der Waals surface area contributed by atoms with Crippen molar-refractivity contribution >= 4 is 35.0 Å². The number of nitrogens with zero attached hydrogens (tertiary/aromatic N) is 1. The largest absolute Gasteiger partial charge is 0.384 e. The Morgan fingerprint density at radius 1 is 1.39 bits per heavy atom. The molecule has 2 rings (SSSR count). The standard InChI is InChI=1S/C13H19N3S2/c1-17-11-5-2-4-10(12(11)13(14)15)16-6-3-8-18-9-7-16/h2,4-5H,3,6-9H2,1H3,(H3,14,15). The van der Waals surface area contributed by atoms with Gasteiger partial charge < -0.3 is 10.6 Å². The van der Waals surface area contributed by atoms with Crippen LogP contribution in [-0.4, -0.2) is 36.7 Å². The van der Waals surface area contributed by atoms with Gasteiger partial charge in [0, 0.05) is 29.4 Å². The predicted octanol–water partition coefficient (Wildman–Crippen LogP) is 2.64. The second-order valence-corrected chi connectivity index (χ2v) is 6.29. The highest BCUT2D eigenvalue weighted by molar-refractivity contribution is 7.99. The molecule has 0 aromatic heterocycles. The molecule has 0 unspecified atom stereocenters. The summed E-state index contributed by atoms with van der Waals surface area (Å²) >= 11 is 3.66. The van der Waals surface area contributed by atoms with Crippen LogP contribution in [0.15, 0.2) is 23.1 Å². The van der Waals surface area contributed by atoms with Gasteiger partial charge in [-0.05, 0) is 30.6 Å². The van der Waals surface area contributed by atoms with Crippen molar-refractivity contribution in [3.8, 4) is 0 Å². The zero-order chi connectivity index (χ0) is 13.0. The Kier molecular flexibility index (Phi) is 4.83. The van der Waals surface area contributed by atoms with Gasteiger partial charge in [0.2, 0.25) is 0 Å². The lowest BCUT2D eigenvalue weighted by Crippen LogP contribution is -2.28. The summed E-state index contributed by atoms with van der Waals surface area (Å²) in [6.45, 7) is 2.11. The predicted molar refractivity (Wildman–Crippen MR) is 83.4 cm³/mol. The second-order valence-electron chi connectivity index (χ2n) is 4.22. The molecule has 0 amide bonds. The zero-order valence-electron chi connectivity index (χ0n) is 10.6. The summed E-state index contributed by atoms with van der Waals surface area (Å²) in [6.07, 6.45) is 3.23. The third-order valence-electron chi connectivity index (χ3n) is 3.06. The van der Waals surface area contributed by atoms with E-state index in [1.807, 2.05) is 24.1 Å². The molecule has 1 fully saturated rings. The molecular formula is C13H19N3S2. The van der Waals surface area contributed by atoms with E-state index in [1.54, 1.807) is 11.8 Å². The third-order valence-corrected chi connectivity index (χ3v) is 4.89. The van der Waals surface area contributed by atoms with Crippen LogP contribution in [0.25, 0.3) is 0 Å². The Morgan fingerprint density at radius 2 is 2.22 bits per heavy atom. The van der Waals surface area contributed by atoms with E-state index in [0.717, 1.165) is 35.0 Å². The van der Waals surface area contributed by atoms with Crippen molar-refractivity contribution in [2.45, 2.75) is 11.3 Å². The van der Waals surface area contributed by atoms with Crippen molar-refractivity contribution in [2.75, 3.05) is 35.8 Å². The van der Waals surface area contributed by atoms with Crippen LogP contribution in [0.3, 0.4) is 0 Å². The fraction of sp³-hybridized carbons (Fsp3) is 0.462. The summed E-state index contributed by atoms with van der Waals surface area (Å²) in [4.78, 5) is 3.47. The monoisotopic (exact) mass is 281 g/mol. The first kappa shape index (κ1) is 13.6. The number of benzene rings is 1. The molecule has 5 heteroatoms. The molecule has 1 aromatic rings. The minimum atomic E-state index is 0.173. The van der Waals surface area contributed by atoms with Crippen LogP contribution in [0.2, 0.25) is 0 Å². The average Bonchev–Trinajstić information content (AvgIpc) is 2.66. The average molecular weight is 281 g/mol. The molecule has 3 N–H and O–H groups in total. The van der Waals surface area contributed by atoms with E-state index in [0.29, 0.717) is 0 Å². The normalized spacial score (nSPS) is 16.4. The second kappa shape index (κ2) is 6.38. The maximum atomic E-state index is 7.83. The number of rotatable bonds is 3. The Labute approximate surface area is 117 Å². The quantitative estimate of drug-likeness (QED) is 0.508. The Morgan fingerprint density at radius 3 is 2.94 bits per heavy atom. The Balaban J connectivity index is 2.38. The van der Waals surface area contributed by atoms with Gasteiger partial charge in [0.1, 0.15) is 5.84 Å². The molecule has 1 saturated heterocycles. The summed E-state index contributed by atoms with van der Waals surface area (Å²) in [5, 5.41) is 7.83. The first-order valence-corrected chi connectivity index (χ1v) is 8.46. The Bertz CT molecular complexity index is 426. The smallest absolute Gasteiger partial charge is 0.126 e. The molecule has 0 aliphatic carbocycles. The summed E-state index contributed by atoms with van der Waals surface area (Å²) in [7, 11) is 0. The van der Waals surface area contributed by atoms with E-state index >= 15 is 0 Å². The lowest BCUT2D eigenvalue weighted by molar-refractivity contribution is 0.813. The van der Waals surface area contributed by atoms with Gasteiger partial charge in [-0.2, -0.15) is 11.8 Å². The number of nitrogens with two attached hydrogens (primary N) is 1. The van der Waals surface area contributed by atoms with E-state index in [-0.39, 0.29) is 5.84 Å². The van der Waals surface area contributed by atoms with Crippen molar-refractivity contribution in [1.82, 2.24) is 0 Å². The van der Waals surface area contributed by atoms with Crippen LogP contribution >= 0.6 is 23.5 Å². The van der Waals surface area contributed by atoms with Crippen LogP contribution in [0.1, 0.15) is 12.0 Å². The molecule has 0 radical (unpaired) electrons. The number of thioether (sulfide) groups is 2. The number of hydrogen-bond donors (Lipinski definition) is 2. The SMILES string of the molecule is CSc1cccc(N2CCCSCC2)c1C(=N)N. The molecule has 0 atom stereocenters. The number of hydrogen-bond acceptors (Lipinski definition) is 4. The summed E-state index contributed by atoms with van der Waals surface area (Å²) in [5.41, 5.74) is 7.80. The zero-order valence-corrected chi connectivity index (χ0v) is 12.2. The van der Waals surface area contributed by atoms with Crippen molar-refractivity contribution < 1.29 is 0 Å². The van der Waals surface area contributed by atoms with Crippen LogP contribution < -0.4 is 10.6 Å². The summed E-state index contributed by atoms with van der Waals surface area (Å²) < 4.78 is 0. The van der Waals surface area contributed by atoms with Gasteiger partial charge in [-0.25, -0.2) is 0 Å². The van der Waals surface area contributed by atoms with E-state index in [1.165, 1.54) is 12.2 Å². The number of amidine groups is 1. The molecule has 1 aliphatic rings. The lowest BCUT2D eigenvalue weighted by atomic mass is 10.1. The maximum absolute atomic E-state index is 7.83. The molecule has 1 heterocycles. The number of nitrogen functional groups attached to an aromatic ring is 1. The molecule has 0 bridgehead atoms. The molecular weight excluding hydrogens is 262 g/mol. The number of nitrogens with one attached hydrogen (secondary N) is 1. The molecule has 0 saturated carbocycles. The first-order chi connectivity index (χ1) is 8.74. The van der Waals surface area contributed by atoms with E-state index < -0.39 is 0 Å². The number of anilines is 1. The van der Waals surface area contributed by atoms with Crippen LogP contribution in [0.5, 0.6) is 0 Å². The van der Waals surface area contributed by atoms with Gasteiger partial charge in [-0.15, -0.1) is 11.8 Å². The molecule has 1 aliphatic heterocycles. The summed E-state index contributed by atoms with van der Waals surface area (Å²) in [5.74, 6) is 2.56. The van der Waals surface area contributed by atoms with Gasteiger partial charge in [0.25, 0.3) is 0 Å². The lowest BCUT2D eigenvalue weighted by Gasteiger charge is -2.26. The Hall–Kier alpha value is -0.810. The van der Waals surface area contributed by atoms with Gasteiger partial charge in [0.15, 0.2) is 0 Å². The minimum Gasteiger partial charge on any atom is -0.384 e. The molecule has 98 valence electrons. The van der Waals surface area contributed by atoms with Gasteiger partial charge in [-0.3, -0.25) is 5.41 Å². The third kappa shape index (κ3) is 2.95. The van der Waals surface area contributed by atoms with Crippen LogP contribution in [0, 0.1) is 5.41 Å². The van der Waals surface area contributed by atoms with Gasteiger partial charge in [0.05, 0.1) is 5.56 Å². The van der Waals surface area contributed by atoms with Gasteiger partial charge >= 0.3 is 0 Å². The van der Waals surface area contributed by atoms with E-state index in [9.17, 15) is 0 Å². The highest BCUT2D eigenvalue weighted by Gasteiger charge is 2.17. The van der Waals surface area contributed by atoms with Gasteiger partial charge in [-0.1, -0.05) is 6.07 Å². The van der Waals surface area contributed by atoms with E-state index in [2.05, 4.69) is 17.0 Å². The van der Waals surface area contributed by atoms with Crippen molar-refractivity contribution in [1.29, 1.82) is 5.41 Å². The van der Waals surface area contributed by atoms with Crippen molar-refractivity contribution in [3.63, 3.8) is 0 Å². The molecule has 0 spiro atoms. The first-order valence-electron chi connectivity index (χ1n) is 6.08. The fourth-order valence-corrected chi connectivity index (χ4v) is 3.73. The highest BCUT2D eigenvalue weighted by Crippen LogP contribution is 2.30. The fourth-order valence-electron chi connectivity index (χ4n) is 2.21. The summed E-state index contributed by atoms with van der Waals surface area (Å²) in [6, 6.07) is 6.19. The molecule has 1 aromatic carbocycles. The molecule has 18 heavy (non-hydrogen) atoms. The topological polar surface area (TPSA) is 53.1 Å². The minimum absolute atomic E-state index is 0.173. The molecule has 3 nitrogen and oxygen atoms in total. The van der Waals surface area contributed by atoms with Crippen molar-refractivity contribution in [3.05, 3.63) is 23.8 Å². The van der Waals surface area contributed by atoms with E-state index in [4.69, 9.17) is 11.1 Å². The van der Waals surface area contributed by atoms with Crippen LogP contribution in [0.4, 0.5) is 5.69 Å².